The smallest absolute Gasteiger partial charge is 0.359 e. The molecule has 0 unspecified atom stereocenters. The van der Waals surface area contributed by atoms with Gasteiger partial charge in [0.2, 0.25) is 0 Å². The van der Waals surface area contributed by atoms with Crippen LogP contribution >= 0.6 is 0 Å². The Labute approximate surface area is 154 Å². The number of para-hydroxylation sites is 1. The highest BCUT2D eigenvalue weighted by molar-refractivity contribution is 6.03. The third kappa shape index (κ3) is 3.19. The van der Waals surface area contributed by atoms with Gasteiger partial charge in [0.25, 0.3) is 11.5 Å². The molecule has 27 heavy (non-hydrogen) atoms. The fourth-order valence-corrected chi connectivity index (χ4v) is 3.34. The second-order valence-electron chi connectivity index (χ2n) is 6.30. The van der Waals surface area contributed by atoms with E-state index in [2.05, 4.69) is 10.2 Å². The number of anilines is 1. The Hall–Kier alpha value is -3.48. The first-order valence-electron chi connectivity index (χ1n) is 8.68. The average Bonchev–Trinajstić information content (AvgIpc) is 2.72. The number of rotatable bonds is 3. The standard InChI is InChI=1S/C20H17N3O4/c24-17(23-11-5-7-13-6-1-4-10-16(13)23)12-27-20(26)18-14-8-2-3-9-15(14)19(25)22-21-18/h1-4,6,8-10H,5,7,11-12H2,(H,22,25). The van der Waals surface area contributed by atoms with Crippen LogP contribution in [0.2, 0.25) is 0 Å². The first-order valence-corrected chi connectivity index (χ1v) is 8.68. The molecular formula is C20H17N3O4. The fraction of sp³-hybridized carbons (Fsp3) is 0.200. The van der Waals surface area contributed by atoms with Crippen molar-refractivity contribution in [2.75, 3.05) is 18.1 Å². The number of nitrogens with one attached hydrogen (secondary N) is 1. The topological polar surface area (TPSA) is 92.4 Å². The number of carbonyl (C=O) groups is 2. The number of nitrogens with zero attached hydrogens (tertiary/aromatic N) is 2. The number of hydrogen-bond donors (Lipinski definition) is 1. The molecule has 1 aromatic heterocycles. The molecule has 3 aromatic rings. The predicted octanol–water partition coefficient (Wildman–Crippen LogP) is 2.06. The van der Waals surface area contributed by atoms with Crippen LogP contribution in [0.4, 0.5) is 5.69 Å². The second-order valence-corrected chi connectivity index (χ2v) is 6.30. The van der Waals surface area contributed by atoms with Gasteiger partial charge in [-0.05, 0) is 30.5 Å². The summed E-state index contributed by atoms with van der Waals surface area (Å²) in [4.78, 5) is 38.5. The molecule has 4 rings (SSSR count). The van der Waals surface area contributed by atoms with Crippen molar-refractivity contribution in [2.45, 2.75) is 12.8 Å². The van der Waals surface area contributed by atoms with Crippen LogP contribution < -0.4 is 10.5 Å². The fourth-order valence-electron chi connectivity index (χ4n) is 3.34. The van der Waals surface area contributed by atoms with Gasteiger partial charge >= 0.3 is 5.97 Å². The van der Waals surface area contributed by atoms with Crippen molar-refractivity contribution < 1.29 is 14.3 Å². The minimum atomic E-state index is -0.749. The number of fused-ring (bicyclic) bond motifs is 2. The third-order valence-electron chi connectivity index (χ3n) is 4.63. The van der Waals surface area contributed by atoms with E-state index >= 15 is 0 Å². The molecule has 1 aliphatic rings. The second kappa shape index (κ2) is 7.03. The zero-order valence-electron chi connectivity index (χ0n) is 14.5. The molecule has 2 heterocycles. The molecule has 0 fully saturated rings. The first-order chi connectivity index (χ1) is 13.1. The van der Waals surface area contributed by atoms with E-state index < -0.39 is 5.97 Å². The van der Waals surface area contributed by atoms with Crippen LogP contribution in [-0.2, 0) is 16.0 Å². The zero-order valence-corrected chi connectivity index (χ0v) is 14.5. The van der Waals surface area contributed by atoms with Gasteiger partial charge in [-0.3, -0.25) is 9.59 Å². The van der Waals surface area contributed by atoms with Gasteiger partial charge < -0.3 is 9.64 Å². The maximum absolute atomic E-state index is 12.6. The molecule has 0 saturated carbocycles. The molecule has 0 radical (unpaired) electrons. The molecule has 0 bridgehead atoms. The number of carbonyl (C=O) groups excluding carboxylic acids is 2. The molecule has 136 valence electrons. The quantitative estimate of drug-likeness (QED) is 0.719. The molecule has 1 N–H and O–H groups in total. The van der Waals surface area contributed by atoms with E-state index in [0.717, 1.165) is 24.1 Å². The maximum atomic E-state index is 12.6. The molecule has 1 aliphatic heterocycles. The van der Waals surface area contributed by atoms with Crippen molar-refractivity contribution in [3.63, 3.8) is 0 Å². The largest absolute Gasteiger partial charge is 0.451 e. The van der Waals surface area contributed by atoms with Crippen LogP contribution in [0.3, 0.4) is 0 Å². The molecule has 2 aromatic carbocycles. The summed E-state index contributed by atoms with van der Waals surface area (Å²) < 4.78 is 5.19. The van der Waals surface area contributed by atoms with Gasteiger partial charge in [0.1, 0.15) is 0 Å². The van der Waals surface area contributed by atoms with Crippen LogP contribution in [0.1, 0.15) is 22.5 Å². The van der Waals surface area contributed by atoms with E-state index in [4.69, 9.17) is 4.74 Å². The Morgan fingerprint density at radius 3 is 2.67 bits per heavy atom. The van der Waals surface area contributed by atoms with E-state index in [1.165, 1.54) is 0 Å². The highest BCUT2D eigenvalue weighted by Gasteiger charge is 2.24. The van der Waals surface area contributed by atoms with E-state index in [0.29, 0.717) is 17.3 Å². The third-order valence-corrected chi connectivity index (χ3v) is 4.63. The van der Waals surface area contributed by atoms with Gasteiger partial charge in [-0.15, -0.1) is 0 Å². The van der Waals surface area contributed by atoms with Crippen LogP contribution in [0.15, 0.2) is 53.3 Å². The molecule has 1 amide bonds. The van der Waals surface area contributed by atoms with Crippen molar-refractivity contribution in [1.29, 1.82) is 0 Å². The van der Waals surface area contributed by atoms with Gasteiger partial charge in [0.05, 0.1) is 5.39 Å². The number of aryl methyl sites for hydroxylation is 1. The average molecular weight is 363 g/mol. The van der Waals surface area contributed by atoms with Gasteiger partial charge in [0.15, 0.2) is 12.3 Å². The minimum absolute atomic E-state index is 0.0166. The van der Waals surface area contributed by atoms with Gasteiger partial charge in [-0.1, -0.05) is 36.4 Å². The molecule has 0 spiro atoms. The summed E-state index contributed by atoms with van der Waals surface area (Å²) in [5.41, 5.74) is 1.56. The number of amides is 1. The van der Waals surface area contributed by atoms with Gasteiger partial charge in [-0.2, -0.15) is 5.10 Å². The van der Waals surface area contributed by atoms with Crippen LogP contribution in [0, 0.1) is 0 Å². The summed E-state index contributed by atoms with van der Waals surface area (Å²) in [7, 11) is 0. The molecule has 0 atom stereocenters. The van der Waals surface area contributed by atoms with Crippen molar-refractivity contribution in [1.82, 2.24) is 10.2 Å². The van der Waals surface area contributed by atoms with Gasteiger partial charge in [0, 0.05) is 17.6 Å². The summed E-state index contributed by atoms with van der Waals surface area (Å²) in [6, 6.07) is 14.3. The SMILES string of the molecule is O=C(OCC(=O)N1CCCc2ccccc21)c1n[nH]c(=O)c2ccccc12. The molecule has 7 nitrogen and oxygen atoms in total. The van der Waals surface area contributed by atoms with E-state index in [-0.39, 0.29) is 23.8 Å². The lowest BCUT2D eigenvalue weighted by atomic mass is 10.0. The number of aromatic amines is 1. The lowest BCUT2D eigenvalue weighted by Gasteiger charge is -2.29. The first kappa shape index (κ1) is 17.0. The van der Waals surface area contributed by atoms with E-state index in [9.17, 15) is 14.4 Å². The Kier molecular flexibility index (Phi) is 4.42. The Bertz CT molecular complexity index is 1090. The van der Waals surface area contributed by atoms with Crippen LogP contribution in [0.5, 0.6) is 0 Å². The molecule has 7 heteroatoms. The number of H-pyrrole nitrogens is 1. The number of hydrogen-bond acceptors (Lipinski definition) is 5. The Morgan fingerprint density at radius 1 is 1.07 bits per heavy atom. The number of aromatic nitrogens is 2. The summed E-state index contributed by atoms with van der Waals surface area (Å²) in [5, 5.41) is 6.82. The summed E-state index contributed by atoms with van der Waals surface area (Å²) in [6.45, 7) is 0.204. The normalized spacial score (nSPS) is 13.3. The van der Waals surface area contributed by atoms with Crippen molar-refractivity contribution in [3.8, 4) is 0 Å². The van der Waals surface area contributed by atoms with Crippen LogP contribution in [0.25, 0.3) is 10.8 Å². The lowest BCUT2D eigenvalue weighted by molar-refractivity contribution is -0.121. The van der Waals surface area contributed by atoms with Crippen LogP contribution in [-0.4, -0.2) is 35.2 Å². The summed E-state index contributed by atoms with van der Waals surface area (Å²) >= 11 is 0. The van der Waals surface area contributed by atoms with Crippen molar-refractivity contribution in [3.05, 3.63) is 70.1 Å². The highest BCUT2D eigenvalue weighted by Crippen LogP contribution is 2.26. The van der Waals surface area contributed by atoms with E-state index in [1.54, 1.807) is 29.2 Å². The summed E-state index contributed by atoms with van der Waals surface area (Å²) in [6.07, 6.45) is 1.79. The van der Waals surface area contributed by atoms with E-state index in [1.807, 2.05) is 24.3 Å². The predicted molar refractivity (Wildman–Crippen MR) is 99.8 cm³/mol. The van der Waals surface area contributed by atoms with Crippen molar-refractivity contribution >= 4 is 28.3 Å². The zero-order chi connectivity index (χ0) is 18.8. The molecular weight excluding hydrogens is 346 g/mol. The highest BCUT2D eigenvalue weighted by atomic mass is 16.5. The molecule has 0 saturated heterocycles. The lowest BCUT2D eigenvalue weighted by Crippen LogP contribution is -2.38. The minimum Gasteiger partial charge on any atom is -0.451 e. The number of esters is 1. The number of ether oxygens (including phenoxy) is 1. The Morgan fingerprint density at radius 2 is 1.81 bits per heavy atom. The molecule has 0 aliphatic carbocycles. The number of benzene rings is 2. The van der Waals surface area contributed by atoms with Crippen molar-refractivity contribution in [2.24, 2.45) is 0 Å². The van der Waals surface area contributed by atoms with Gasteiger partial charge in [-0.25, -0.2) is 9.89 Å². The monoisotopic (exact) mass is 363 g/mol. The summed E-state index contributed by atoms with van der Waals surface area (Å²) in [5.74, 6) is -1.04. The maximum Gasteiger partial charge on any atom is 0.359 e. The Balaban J connectivity index is 1.52.